The minimum Gasteiger partial charge on any atom is -0.381 e. The largest absolute Gasteiger partial charge is 0.381 e. The summed E-state index contributed by atoms with van der Waals surface area (Å²) in [6.45, 7) is 0.968. The van der Waals surface area contributed by atoms with Crippen LogP contribution in [0.2, 0.25) is 10.0 Å². The molecule has 1 heterocycles. The second kappa shape index (κ2) is 6.36. The molecular formula is C19H16Cl2N2O2. The van der Waals surface area contributed by atoms with E-state index in [9.17, 15) is 9.59 Å². The number of hydrogen-bond acceptors (Lipinski definition) is 3. The van der Waals surface area contributed by atoms with Gasteiger partial charge in [-0.3, -0.25) is 14.5 Å². The van der Waals surface area contributed by atoms with Crippen LogP contribution in [-0.2, 0) is 6.54 Å². The molecule has 2 amide bonds. The van der Waals surface area contributed by atoms with Crippen molar-refractivity contribution < 1.29 is 9.59 Å². The van der Waals surface area contributed by atoms with E-state index in [-0.39, 0.29) is 11.8 Å². The van der Waals surface area contributed by atoms with Gasteiger partial charge in [-0.25, -0.2) is 0 Å². The number of fused-ring (bicyclic) bond motifs is 1. The van der Waals surface area contributed by atoms with E-state index in [1.165, 1.54) is 4.90 Å². The van der Waals surface area contributed by atoms with Crippen LogP contribution in [-0.4, -0.2) is 23.3 Å². The zero-order chi connectivity index (χ0) is 17.6. The first kappa shape index (κ1) is 16.4. The van der Waals surface area contributed by atoms with Crippen molar-refractivity contribution in [2.45, 2.75) is 19.4 Å². The van der Waals surface area contributed by atoms with Crippen LogP contribution in [0.25, 0.3) is 0 Å². The molecule has 0 unspecified atom stereocenters. The van der Waals surface area contributed by atoms with Gasteiger partial charge in [0, 0.05) is 34.4 Å². The molecule has 1 aliphatic carbocycles. The van der Waals surface area contributed by atoms with Crippen molar-refractivity contribution in [1.82, 2.24) is 4.90 Å². The number of hydrogen-bond donors (Lipinski definition) is 1. The zero-order valence-electron chi connectivity index (χ0n) is 13.4. The van der Waals surface area contributed by atoms with Crippen LogP contribution in [0, 0.1) is 5.92 Å². The predicted octanol–water partition coefficient (Wildman–Crippen LogP) is 4.61. The Morgan fingerprint density at radius 1 is 1.00 bits per heavy atom. The molecule has 0 atom stereocenters. The number of imide groups is 1. The summed E-state index contributed by atoms with van der Waals surface area (Å²) >= 11 is 12.4. The first-order valence-corrected chi connectivity index (χ1v) is 8.97. The Bertz CT molecular complexity index is 857. The second-order valence-corrected chi connectivity index (χ2v) is 7.29. The standard InChI is InChI=1S/C19H16Cl2N2O2/c20-16-2-1-3-17(21)15(16)9-22-12-6-7-13-14(8-12)19(25)23(18(13)24)10-11-4-5-11/h1-3,6-8,11,22H,4-5,9-10H2. The van der Waals surface area contributed by atoms with E-state index >= 15 is 0 Å². The maximum atomic E-state index is 12.5. The van der Waals surface area contributed by atoms with Crippen molar-refractivity contribution in [3.05, 3.63) is 63.1 Å². The molecule has 0 radical (unpaired) electrons. The molecule has 1 aliphatic heterocycles. The molecule has 2 aliphatic rings. The van der Waals surface area contributed by atoms with Gasteiger partial charge in [-0.1, -0.05) is 29.3 Å². The van der Waals surface area contributed by atoms with Gasteiger partial charge >= 0.3 is 0 Å². The molecule has 0 saturated heterocycles. The highest BCUT2D eigenvalue weighted by molar-refractivity contribution is 6.36. The Hall–Kier alpha value is -2.04. The van der Waals surface area contributed by atoms with Gasteiger partial charge in [-0.05, 0) is 49.1 Å². The summed E-state index contributed by atoms with van der Waals surface area (Å²) < 4.78 is 0. The molecule has 2 aromatic rings. The molecule has 2 aromatic carbocycles. The molecule has 0 aromatic heterocycles. The van der Waals surface area contributed by atoms with Crippen LogP contribution in [0.3, 0.4) is 0 Å². The van der Waals surface area contributed by atoms with Crippen LogP contribution in [0.1, 0.15) is 39.1 Å². The summed E-state index contributed by atoms with van der Waals surface area (Å²) in [5.41, 5.74) is 2.49. The molecule has 4 nitrogen and oxygen atoms in total. The maximum Gasteiger partial charge on any atom is 0.261 e. The molecule has 25 heavy (non-hydrogen) atoms. The number of halogens is 2. The average molecular weight is 375 g/mol. The number of benzene rings is 2. The SMILES string of the molecule is O=C1c2ccc(NCc3c(Cl)cccc3Cl)cc2C(=O)N1CC1CC1. The third kappa shape index (κ3) is 3.12. The van der Waals surface area contributed by atoms with E-state index in [2.05, 4.69) is 5.32 Å². The minimum atomic E-state index is -0.202. The van der Waals surface area contributed by atoms with Crippen molar-refractivity contribution in [3.8, 4) is 0 Å². The fourth-order valence-corrected chi connectivity index (χ4v) is 3.55. The summed E-state index contributed by atoms with van der Waals surface area (Å²) in [7, 11) is 0. The van der Waals surface area contributed by atoms with E-state index in [0.717, 1.165) is 24.1 Å². The third-order valence-electron chi connectivity index (χ3n) is 4.64. The van der Waals surface area contributed by atoms with Gasteiger partial charge in [0.2, 0.25) is 0 Å². The van der Waals surface area contributed by atoms with Crippen molar-refractivity contribution in [1.29, 1.82) is 0 Å². The van der Waals surface area contributed by atoms with Crippen LogP contribution in [0.5, 0.6) is 0 Å². The van der Waals surface area contributed by atoms with Gasteiger partial charge in [-0.15, -0.1) is 0 Å². The molecule has 1 saturated carbocycles. The summed E-state index contributed by atoms with van der Waals surface area (Å²) in [4.78, 5) is 26.3. The Balaban J connectivity index is 1.53. The topological polar surface area (TPSA) is 49.4 Å². The predicted molar refractivity (Wildman–Crippen MR) is 98.3 cm³/mol. The molecule has 0 spiro atoms. The van der Waals surface area contributed by atoms with Crippen molar-refractivity contribution in [3.63, 3.8) is 0 Å². The zero-order valence-corrected chi connectivity index (χ0v) is 14.9. The van der Waals surface area contributed by atoms with Crippen LogP contribution in [0.15, 0.2) is 36.4 Å². The Kier molecular flexibility index (Phi) is 4.18. The van der Waals surface area contributed by atoms with Gasteiger partial charge in [0.15, 0.2) is 0 Å². The normalized spacial score (nSPS) is 16.3. The monoisotopic (exact) mass is 374 g/mol. The molecule has 1 fully saturated rings. The van der Waals surface area contributed by atoms with Gasteiger partial charge in [0.1, 0.15) is 0 Å². The average Bonchev–Trinajstić information content (AvgIpc) is 3.38. The summed E-state index contributed by atoms with van der Waals surface area (Å²) in [5.74, 6) is 0.0843. The van der Waals surface area contributed by atoms with Crippen molar-refractivity contribution in [2.75, 3.05) is 11.9 Å². The smallest absolute Gasteiger partial charge is 0.261 e. The summed E-state index contributed by atoms with van der Waals surface area (Å²) in [6, 6.07) is 10.6. The third-order valence-corrected chi connectivity index (χ3v) is 5.35. The lowest BCUT2D eigenvalue weighted by atomic mass is 10.1. The van der Waals surface area contributed by atoms with Gasteiger partial charge in [0.05, 0.1) is 11.1 Å². The van der Waals surface area contributed by atoms with Gasteiger partial charge < -0.3 is 5.32 Å². The Labute approximate surface area is 155 Å². The highest BCUT2D eigenvalue weighted by Crippen LogP contribution is 2.34. The van der Waals surface area contributed by atoms with Gasteiger partial charge in [-0.2, -0.15) is 0 Å². The van der Waals surface area contributed by atoms with E-state index in [1.54, 1.807) is 36.4 Å². The van der Waals surface area contributed by atoms with Crippen LogP contribution < -0.4 is 5.32 Å². The maximum absolute atomic E-state index is 12.5. The van der Waals surface area contributed by atoms with E-state index in [4.69, 9.17) is 23.2 Å². The number of nitrogens with zero attached hydrogens (tertiary/aromatic N) is 1. The van der Waals surface area contributed by atoms with Crippen molar-refractivity contribution in [2.24, 2.45) is 5.92 Å². The van der Waals surface area contributed by atoms with Gasteiger partial charge in [0.25, 0.3) is 11.8 Å². The van der Waals surface area contributed by atoms with E-state index in [0.29, 0.717) is 40.2 Å². The molecule has 128 valence electrons. The molecule has 0 bridgehead atoms. The fourth-order valence-electron chi connectivity index (χ4n) is 3.02. The van der Waals surface area contributed by atoms with E-state index < -0.39 is 0 Å². The fraction of sp³-hybridized carbons (Fsp3) is 0.263. The highest BCUT2D eigenvalue weighted by Gasteiger charge is 2.38. The molecule has 4 rings (SSSR count). The number of carbonyl (C=O) groups excluding carboxylic acids is 2. The van der Waals surface area contributed by atoms with Crippen LogP contribution in [0.4, 0.5) is 5.69 Å². The summed E-state index contributed by atoms with van der Waals surface area (Å²) in [6.07, 6.45) is 2.19. The number of anilines is 1. The first-order chi connectivity index (χ1) is 12.0. The lowest BCUT2D eigenvalue weighted by molar-refractivity contribution is 0.0647. The Morgan fingerprint density at radius 2 is 1.68 bits per heavy atom. The van der Waals surface area contributed by atoms with Crippen LogP contribution >= 0.6 is 23.2 Å². The van der Waals surface area contributed by atoms with E-state index in [1.807, 2.05) is 0 Å². The quantitative estimate of drug-likeness (QED) is 0.777. The number of amides is 2. The molecule has 6 heteroatoms. The number of nitrogens with one attached hydrogen (secondary N) is 1. The lowest BCUT2D eigenvalue weighted by Crippen LogP contribution is -2.31. The molecule has 1 N–H and O–H groups in total. The highest BCUT2D eigenvalue weighted by atomic mass is 35.5. The first-order valence-electron chi connectivity index (χ1n) is 8.21. The Morgan fingerprint density at radius 3 is 2.36 bits per heavy atom. The second-order valence-electron chi connectivity index (χ2n) is 6.48. The number of rotatable bonds is 5. The minimum absolute atomic E-state index is 0.187. The number of carbonyl (C=O) groups is 2. The molecular weight excluding hydrogens is 359 g/mol. The summed E-state index contributed by atoms with van der Waals surface area (Å²) in [5, 5.41) is 4.40. The van der Waals surface area contributed by atoms with Crippen molar-refractivity contribution >= 4 is 40.7 Å². The lowest BCUT2D eigenvalue weighted by Gasteiger charge is -2.12.